The SMILES string of the molecule is CCC(=O)c1cccc(S(=O)(=O)N2CCC(C)(CN)C2)c1.Cl. The highest BCUT2D eigenvalue weighted by Gasteiger charge is 2.39. The second-order valence-corrected chi connectivity index (χ2v) is 7.85. The van der Waals surface area contributed by atoms with Crippen molar-refractivity contribution in [1.82, 2.24) is 4.31 Å². The van der Waals surface area contributed by atoms with Crippen LogP contribution in [-0.2, 0) is 10.0 Å². The van der Waals surface area contributed by atoms with Crippen molar-refractivity contribution in [2.45, 2.75) is 31.6 Å². The monoisotopic (exact) mass is 346 g/mol. The third kappa shape index (κ3) is 3.68. The lowest BCUT2D eigenvalue weighted by molar-refractivity contribution is 0.0988. The third-order valence-corrected chi connectivity index (χ3v) is 5.97. The number of benzene rings is 1. The minimum Gasteiger partial charge on any atom is -0.330 e. The molecule has 124 valence electrons. The predicted molar refractivity (Wildman–Crippen MR) is 88.8 cm³/mol. The van der Waals surface area contributed by atoms with E-state index in [4.69, 9.17) is 5.73 Å². The molecule has 2 N–H and O–H groups in total. The molecule has 22 heavy (non-hydrogen) atoms. The molecule has 0 aromatic heterocycles. The van der Waals surface area contributed by atoms with Crippen LogP contribution in [0.15, 0.2) is 29.2 Å². The van der Waals surface area contributed by atoms with Gasteiger partial charge in [-0.05, 0) is 30.5 Å². The van der Waals surface area contributed by atoms with Gasteiger partial charge in [-0.2, -0.15) is 4.31 Å². The van der Waals surface area contributed by atoms with E-state index in [0.717, 1.165) is 6.42 Å². The first-order valence-electron chi connectivity index (χ1n) is 7.16. The summed E-state index contributed by atoms with van der Waals surface area (Å²) >= 11 is 0. The number of carbonyl (C=O) groups excluding carboxylic acids is 1. The molecule has 1 unspecified atom stereocenters. The molecule has 0 saturated carbocycles. The van der Waals surface area contributed by atoms with Crippen LogP contribution in [0.5, 0.6) is 0 Å². The van der Waals surface area contributed by atoms with E-state index >= 15 is 0 Å². The summed E-state index contributed by atoms with van der Waals surface area (Å²) in [5.74, 6) is -0.0553. The molecule has 1 saturated heterocycles. The van der Waals surface area contributed by atoms with Crippen LogP contribution in [0.3, 0.4) is 0 Å². The maximum absolute atomic E-state index is 12.7. The van der Waals surface area contributed by atoms with Crippen LogP contribution in [0.25, 0.3) is 0 Å². The Morgan fingerprint density at radius 1 is 1.41 bits per heavy atom. The highest BCUT2D eigenvalue weighted by atomic mass is 35.5. The smallest absolute Gasteiger partial charge is 0.243 e. The molecule has 1 atom stereocenters. The van der Waals surface area contributed by atoms with Gasteiger partial charge in [0.15, 0.2) is 5.78 Å². The van der Waals surface area contributed by atoms with Gasteiger partial charge < -0.3 is 5.73 Å². The van der Waals surface area contributed by atoms with E-state index in [1.807, 2.05) is 6.92 Å². The molecular formula is C15H23ClN2O3S. The molecule has 1 fully saturated rings. The summed E-state index contributed by atoms with van der Waals surface area (Å²) in [5, 5.41) is 0. The molecule has 0 bridgehead atoms. The molecule has 2 rings (SSSR count). The predicted octanol–water partition coefficient (Wildman–Crippen LogP) is 2.06. The third-order valence-electron chi connectivity index (χ3n) is 4.13. The minimum atomic E-state index is -3.56. The van der Waals surface area contributed by atoms with Crippen molar-refractivity contribution < 1.29 is 13.2 Å². The van der Waals surface area contributed by atoms with Crippen molar-refractivity contribution in [2.24, 2.45) is 11.1 Å². The van der Waals surface area contributed by atoms with Gasteiger partial charge in [0.1, 0.15) is 0 Å². The highest BCUT2D eigenvalue weighted by Crippen LogP contribution is 2.32. The van der Waals surface area contributed by atoms with Crippen LogP contribution in [0, 0.1) is 5.41 Å². The summed E-state index contributed by atoms with van der Waals surface area (Å²) in [7, 11) is -3.56. The Balaban J connectivity index is 0.00000242. The van der Waals surface area contributed by atoms with Crippen molar-refractivity contribution >= 4 is 28.2 Å². The maximum atomic E-state index is 12.7. The van der Waals surface area contributed by atoms with Crippen molar-refractivity contribution in [3.05, 3.63) is 29.8 Å². The van der Waals surface area contributed by atoms with E-state index < -0.39 is 10.0 Å². The van der Waals surface area contributed by atoms with E-state index in [-0.39, 0.29) is 28.5 Å². The van der Waals surface area contributed by atoms with E-state index in [1.54, 1.807) is 25.1 Å². The van der Waals surface area contributed by atoms with Gasteiger partial charge in [-0.3, -0.25) is 4.79 Å². The van der Waals surface area contributed by atoms with Crippen molar-refractivity contribution in [1.29, 1.82) is 0 Å². The van der Waals surface area contributed by atoms with Gasteiger partial charge in [0.2, 0.25) is 10.0 Å². The zero-order chi connectivity index (χ0) is 15.7. The number of Topliss-reactive ketones (excluding diaryl/α,β-unsaturated/α-hetero) is 1. The lowest BCUT2D eigenvalue weighted by atomic mass is 9.90. The first-order chi connectivity index (χ1) is 9.82. The fourth-order valence-corrected chi connectivity index (χ4v) is 4.17. The van der Waals surface area contributed by atoms with Crippen molar-refractivity contribution in [3.8, 4) is 0 Å². The standard InChI is InChI=1S/C15H22N2O3S.ClH/c1-3-14(18)12-5-4-6-13(9-12)21(19,20)17-8-7-15(2,10-16)11-17;/h4-6,9H,3,7-8,10-11,16H2,1-2H3;1H. The van der Waals surface area contributed by atoms with Crippen LogP contribution in [-0.4, -0.2) is 38.1 Å². The summed E-state index contributed by atoms with van der Waals surface area (Å²) in [6.07, 6.45) is 1.12. The number of nitrogens with zero attached hydrogens (tertiary/aromatic N) is 1. The Bertz CT molecular complexity index is 648. The maximum Gasteiger partial charge on any atom is 0.243 e. The average molecular weight is 347 g/mol. The van der Waals surface area contributed by atoms with Crippen molar-refractivity contribution in [3.63, 3.8) is 0 Å². The molecule has 1 heterocycles. The highest BCUT2D eigenvalue weighted by molar-refractivity contribution is 7.89. The Labute approximate surface area is 138 Å². The number of hydrogen-bond acceptors (Lipinski definition) is 4. The molecule has 0 spiro atoms. The molecule has 0 radical (unpaired) electrons. The first-order valence-corrected chi connectivity index (χ1v) is 8.60. The summed E-state index contributed by atoms with van der Waals surface area (Å²) in [4.78, 5) is 11.9. The van der Waals surface area contributed by atoms with E-state index in [9.17, 15) is 13.2 Å². The second kappa shape index (κ2) is 7.08. The summed E-state index contributed by atoms with van der Waals surface area (Å²) in [5.41, 5.74) is 6.01. The van der Waals surface area contributed by atoms with Crippen molar-refractivity contribution in [2.75, 3.05) is 19.6 Å². The molecule has 0 amide bonds. The first kappa shape index (κ1) is 19.1. The number of halogens is 1. The quantitative estimate of drug-likeness (QED) is 0.827. The zero-order valence-electron chi connectivity index (χ0n) is 12.9. The van der Waals surface area contributed by atoms with Gasteiger partial charge in [0.05, 0.1) is 4.90 Å². The summed E-state index contributed by atoms with van der Waals surface area (Å²) in [6.45, 7) is 5.13. The lowest BCUT2D eigenvalue weighted by Crippen LogP contribution is -2.34. The lowest BCUT2D eigenvalue weighted by Gasteiger charge is -2.22. The summed E-state index contributed by atoms with van der Waals surface area (Å²) < 4.78 is 26.8. The number of nitrogens with two attached hydrogens (primary N) is 1. The fourth-order valence-electron chi connectivity index (χ4n) is 2.53. The van der Waals surface area contributed by atoms with E-state index in [0.29, 0.717) is 31.6 Å². The van der Waals surface area contributed by atoms with Gasteiger partial charge in [-0.15, -0.1) is 12.4 Å². The fraction of sp³-hybridized carbons (Fsp3) is 0.533. The van der Waals surface area contributed by atoms with Crippen LogP contribution in [0.2, 0.25) is 0 Å². The molecule has 1 aromatic carbocycles. The van der Waals surface area contributed by atoms with Gasteiger partial charge in [0, 0.05) is 25.1 Å². The van der Waals surface area contributed by atoms with Gasteiger partial charge >= 0.3 is 0 Å². The van der Waals surface area contributed by atoms with Crippen LogP contribution < -0.4 is 5.73 Å². The van der Waals surface area contributed by atoms with E-state index in [2.05, 4.69) is 0 Å². The van der Waals surface area contributed by atoms with Gasteiger partial charge in [-0.1, -0.05) is 26.0 Å². The Morgan fingerprint density at radius 2 is 2.09 bits per heavy atom. The van der Waals surface area contributed by atoms with Crippen LogP contribution >= 0.6 is 12.4 Å². The topological polar surface area (TPSA) is 80.5 Å². The van der Waals surface area contributed by atoms with Crippen LogP contribution in [0.1, 0.15) is 37.0 Å². The van der Waals surface area contributed by atoms with Gasteiger partial charge in [-0.25, -0.2) is 8.42 Å². The Hall–Kier alpha value is -0.950. The summed E-state index contributed by atoms with van der Waals surface area (Å²) in [6, 6.07) is 6.28. The Kier molecular flexibility index (Phi) is 6.15. The number of sulfonamides is 1. The number of rotatable bonds is 5. The average Bonchev–Trinajstić information content (AvgIpc) is 2.90. The number of ketones is 1. The number of hydrogen-bond donors (Lipinski definition) is 1. The Morgan fingerprint density at radius 3 is 2.64 bits per heavy atom. The molecule has 7 heteroatoms. The van der Waals surface area contributed by atoms with E-state index in [1.165, 1.54) is 10.4 Å². The minimum absolute atomic E-state index is 0. The normalized spacial score (nSPS) is 22.3. The second-order valence-electron chi connectivity index (χ2n) is 5.91. The zero-order valence-corrected chi connectivity index (χ0v) is 14.5. The van der Waals surface area contributed by atoms with Crippen LogP contribution in [0.4, 0.5) is 0 Å². The molecule has 1 aliphatic heterocycles. The molecule has 1 aliphatic rings. The molecule has 0 aliphatic carbocycles. The number of carbonyl (C=O) groups is 1. The van der Waals surface area contributed by atoms with Gasteiger partial charge in [0.25, 0.3) is 0 Å². The largest absolute Gasteiger partial charge is 0.330 e. The molecule has 1 aromatic rings. The molecular weight excluding hydrogens is 324 g/mol. The molecule has 5 nitrogen and oxygen atoms in total.